The van der Waals surface area contributed by atoms with E-state index in [0.717, 1.165) is 17.0 Å². The quantitative estimate of drug-likeness (QED) is 0.618. The van der Waals surface area contributed by atoms with Gasteiger partial charge in [-0.3, -0.25) is 4.79 Å². The summed E-state index contributed by atoms with van der Waals surface area (Å²) in [4.78, 5) is 11.4. The Labute approximate surface area is 68.4 Å². The lowest BCUT2D eigenvalue weighted by molar-refractivity contribution is -0.107. The fourth-order valence-electron chi connectivity index (χ4n) is 0.765. The van der Waals surface area contributed by atoms with Gasteiger partial charge in [-0.15, -0.1) is 0 Å². The van der Waals surface area contributed by atoms with Gasteiger partial charge < -0.3 is 4.90 Å². The number of halogens is 2. The van der Waals surface area contributed by atoms with Crippen LogP contribution >= 0.6 is 0 Å². The molecule has 0 spiro atoms. The van der Waals surface area contributed by atoms with E-state index < -0.39 is 11.6 Å². The maximum atomic E-state index is 12.6. The van der Waals surface area contributed by atoms with Gasteiger partial charge in [0.15, 0.2) is 11.6 Å². The Balaban J connectivity index is 3.04. The molecule has 0 atom stereocenters. The van der Waals surface area contributed by atoms with Crippen molar-refractivity contribution in [3.8, 4) is 0 Å². The standard InChI is InChI=1S/C8H7F2NO/c1-11(5-12)6-2-3-7(9)8(10)4-6/h2-5H,1H3. The van der Waals surface area contributed by atoms with Gasteiger partial charge in [-0.2, -0.15) is 0 Å². The van der Waals surface area contributed by atoms with Crippen molar-refractivity contribution in [1.82, 2.24) is 0 Å². The maximum Gasteiger partial charge on any atom is 0.213 e. The second-order valence-corrected chi connectivity index (χ2v) is 2.31. The Morgan fingerprint density at radius 1 is 1.33 bits per heavy atom. The fraction of sp³-hybridized carbons (Fsp3) is 0.125. The number of anilines is 1. The van der Waals surface area contributed by atoms with Gasteiger partial charge in [0.05, 0.1) is 0 Å². The van der Waals surface area contributed by atoms with E-state index in [0.29, 0.717) is 12.1 Å². The smallest absolute Gasteiger partial charge is 0.213 e. The molecule has 12 heavy (non-hydrogen) atoms. The molecule has 0 N–H and O–H groups in total. The third-order valence-corrected chi connectivity index (χ3v) is 1.47. The molecule has 1 aromatic rings. The number of rotatable bonds is 2. The van der Waals surface area contributed by atoms with Crippen molar-refractivity contribution in [2.75, 3.05) is 11.9 Å². The topological polar surface area (TPSA) is 20.3 Å². The Morgan fingerprint density at radius 3 is 2.50 bits per heavy atom. The third-order valence-electron chi connectivity index (χ3n) is 1.47. The average Bonchev–Trinajstić information content (AvgIpc) is 2.08. The van der Waals surface area contributed by atoms with Gasteiger partial charge in [0.1, 0.15) is 0 Å². The molecule has 4 heteroatoms. The van der Waals surface area contributed by atoms with E-state index in [2.05, 4.69) is 0 Å². The zero-order valence-electron chi connectivity index (χ0n) is 6.42. The number of carbonyl (C=O) groups is 1. The first-order valence-corrected chi connectivity index (χ1v) is 3.28. The monoisotopic (exact) mass is 171 g/mol. The molecule has 0 aliphatic rings. The number of hydrogen-bond acceptors (Lipinski definition) is 1. The molecule has 64 valence electrons. The molecular formula is C8H7F2NO. The highest BCUT2D eigenvalue weighted by atomic mass is 19.2. The van der Waals surface area contributed by atoms with Crippen LogP contribution in [0.4, 0.5) is 14.5 Å². The van der Waals surface area contributed by atoms with E-state index in [9.17, 15) is 13.6 Å². The Bertz CT molecular complexity index is 301. The minimum atomic E-state index is -0.957. The summed E-state index contributed by atoms with van der Waals surface area (Å²) in [6, 6.07) is 3.27. The van der Waals surface area contributed by atoms with Crippen molar-refractivity contribution < 1.29 is 13.6 Å². The second-order valence-electron chi connectivity index (χ2n) is 2.31. The van der Waals surface area contributed by atoms with Crippen LogP contribution in [-0.4, -0.2) is 13.5 Å². The first-order valence-electron chi connectivity index (χ1n) is 3.28. The molecule has 0 aliphatic carbocycles. The fourth-order valence-corrected chi connectivity index (χ4v) is 0.765. The molecule has 1 amide bonds. The number of amides is 1. The molecule has 0 saturated carbocycles. The average molecular weight is 171 g/mol. The van der Waals surface area contributed by atoms with E-state index in [1.807, 2.05) is 0 Å². The maximum absolute atomic E-state index is 12.6. The molecule has 0 bridgehead atoms. The molecule has 1 rings (SSSR count). The van der Waals surface area contributed by atoms with E-state index in [-0.39, 0.29) is 0 Å². The zero-order valence-corrected chi connectivity index (χ0v) is 6.42. The van der Waals surface area contributed by atoms with Crippen LogP contribution in [0.1, 0.15) is 0 Å². The normalized spacial score (nSPS) is 9.58. The van der Waals surface area contributed by atoms with Crippen molar-refractivity contribution in [1.29, 1.82) is 0 Å². The Morgan fingerprint density at radius 2 is 2.00 bits per heavy atom. The van der Waals surface area contributed by atoms with Gasteiger partial charge in [-0.05, 0) is 12.1 Å². The lowest BCUT2D eigenvalue weighted by Gasteiger charge is -2.09. The van der Waals surface area contributed by atoms with E-state index >= 15 is 0 Å². The van der Waals surface area contributed by atoms with Crippen LogP contribution in [0.15, 0.2) is 18.2 Å². The van der Waals surface area contributed by atoms with E-state index in [1.165, 1.54) is 13.1 Å². The largest absolute Gasteiger partial charge is 0.318 e. The van der Waals surface area contributed by atoms with Crippen molar-refractivity contribution in [3.05, 3.63) is 29.8 Å². The molecular weight excluding hydrogens is 164 g/mol. The summed E-state index contributed by atoms with van der Waals surface area (Å²) in [6.45, 7) is 0. The summed E-state index contributed by atoms with van der Waals surface area (Å²) in [6.07, 6.45) is 0.521. The second kappa shape index (κ2) is 3.30. The Kier molecular flexibility index (Phi) is 2.38. The van der Waals surface area contributed by atoms with Crippen LogP contribution in [-0.2, 0) is 4.79 Å². The summed E-state index contributed by atoms with van der Waals surface area (Å²) in [5.74, 6) is -1.88. The molecule has 0 heterocycles. The lowest BCUT2D eigenvalue weighted by Crippen LogP contribution is -2.13. The number of carbonyl (C=O) groups excluding carboxylic acids is 1. The third kappa shape index (κ3) is 1.58. The number of hydrogen-bond donors (Lipinski definition) is 0. The highest BCUT2D eigenvalue weighted by Gasteiger charge is 2.04. The van der Waals surface area contributed by atoms with Gasteiger partial charge in [0, 0.05) is 18.8 Å². The molecule has 0 unspecified atom stereocenters. The predicted molar refractivity (Wildman–Crippen MR) is 40.8 cm³/mol. The van der Waals surface area contributed by atoms with Crippen molar-refractivity contribution in [2.24, 2.45) is 0 Å². The van der Waals surface area contributed by atoms with Crippen LogP contribution in [0, 0.1) is 11.6 Å². The molecule has 1 aromatic carbocycles. The highest BCUT2D eigenvalue weighted by Crippen LogP contribution is 2.15. The molecule has 0 fully saturated rings. The molecule has 0 radical (unpaired) electrons. The lowest BCUT2D eigenvalue weighted by atomic mass is 10.3. The number of nitrogens with zero attached hydrogens (tertiary/aromatic N) is 1. The van der Waals surface area contributed by atoms with Crippen molar-refractivity contribution >= 4 is 12.1 Å². The SMILES string of the molecule is CN(C=O)c1ccc(F)c(F)c1. The minimum Gasteiger partial charge on any atom is -0.318 e. The van der Waals surface area contributed by atoms with Crippen LogP contribution in [0.5, 0.6) is 0 Å². The minimum absolute atomic E-state index is 0.323. The van der Waals surface area contributed by atoms with Gasteiger partial charge >= 0.3 is 0 Å². The summed E-state index contributed by atoms with van der Waals surface area (Å²) < 4.78 is 24.9. The van der Waals surface area contributed by atoms with E-state index in [4.69, 9.17) is 0 Å². The van der Waals surface area contributed by atoms with Gasteiger partial charge in [-0.1, -0.05) is 0 Å². The van der Waals surface area contributed by atoms with Gasteiger partial charge in [0.25, 0.3) is 0 Å². The first-order chi connectivity index (χ1) is 5.65. The summed E-state index contributed by atoms with van der Waals surface area (Å²) >= 11 is 0. The first kappa shape index (κ1) is 8.64. The van der Waals surface area contributed by atoms with Gasteiger partial charge in [0.2, 0.25) is 6.41 Å². The molecule has 0 saturated heterocycles. The number of benzene rings is 1. The van der Waals surface area contributed by atoms with Crippen molar-refractivity contribution in [3.63, 3.8) is 0 Å². The van der Waals surface area contributed by atoms with Crippen LogP contribution in [0.25, 0.3) is 0 Å². The Hall–Kier alpha value is -1.45. The van der Waals surface area contributed by atoms with Crippen LogP contribution < -0.4 is 4.90 Å². The molecule has 0 aromatic heterocycles. The summed E-state index contributed by atoms with van der Waals surface area (Å²) in [7, 11) is 1.46. The predicted octanol–water partition coefficient (Wildman–Crippen LogP) is 1.56. The van der Waals surface area contributed by atoms with Crippen molar-refractivity contribution in [2.45, 2.75) is 0 Å². The van der Waals surface area contributed by atoms with Crippen LogP contribution in [0.3, 0.4) is 0 Å². The van der Waals surface area contributed by atoms with Gasteiger partial charge in [-0.25, -0.2) is 8.78 Å². The van der Waals surface area contributed by atoms with E-state index in [1.54, 1.807) is 0 Å². The molecule has 2 nitrogen and oxygen atoms in total. The van der Waals surface area contributed by atoms with Crippen LogP contribution in [0.2, 0.25) is 0 Å². The highest BCUT2D eigenvalue weighted by molar-refractivity contribution is 5.73. The summed E-state index contributed by atoms with van der Waals surface area (Å²) in [5, 5.41) is 0. The summed E-state index contributed by atoms with van der Waals surface area (Å²) in [5.41, 5.74) is 0.323. The zero-order chi connectivity index (χ0) is 9.14. The molecule has 0 aliphatic heterocycles.